The van der Waals surface area contributed by atoms with Crippen LogP contribution in [0, 0.1) is 0 Å². The van der Waals surface area contributed by atoms with E-state index in [-0.39, 0.29) is 9.80 Å². The molecule has 0 amide bonds. The lowest BCUT2D eigenvalue weighted by molar-refractivity contribution is -0.112. The first-order valence-electron chi connectivity index (χ1n) is 4.62. The summed E-state index contributed by atoms with van der Waals surface area (Å²) in [6.07, 6.45) is 1.40. The van der Waals surface area contributed by atoms with Crippen LogP contribution in [0.25, 0.3) is 6.08 Å². The van der Waals surface area contributed by atoms with Gasteiger partial charge < -0.3 is 4.74 Å². The van der Waals surface area contributed by atoms with E-state index in [1.54, 1.807) is 12.1 Å². The Kier molecular flexibility index (Phi) is 2.35. The Morgan fingerprint density at radius 1 is 1.31 bits per heavy atom. The summed E-state index contributed by atoms with van der Waals surface area (Å²) in [5.74, 6) is 0.00990. The maximum Gasteiger partial charge on any atom is 0.210 e. The summed E-state index contributed by atoms with van der Waals surface area (Å²) >= 11 is 0. The van der Waals surface area contributed by atoms with Gasteiger partial charge in [-0.1, -0.05) is 0 Å². The lowest BCUT2D eigenvalue weighted by atomic mass is 10.2. The van der Waals surface area contributed by atoms with Crippen molar-refractivity contribution in [3.8, 4) is 5.75 Å². The van der Waals surface area contributed by atoms with E-state index in [9.17, 15) is 13.2 Å². The number of methoxy groups -OCH3 is 1. The van der Waals surface area contributed by atoms with E-state index in [0.29, 0.717) is 11.3 Å². The minimum absolute atomic E-state index is 0.136. The molecule has 1 aliphatic heterocycles. The largest absolute Gasteiger partial charge is 0.497 e. The first-order chi connectivity index (χ1) is 7.46. The molecule has 0 fully saturated rings. The second-order valence-electron chi connectivity index (χ2n) is 3.47. The van der Waals surface area contributed by atoms with Gasteiger partial charge in [0.1, 0.15) is 10.7 Å². The van der Waals surface area contributed by atoms with E-state index < -0.39 is 15.6 Å². The number of hydrogen-bond donors (Lipinski definition) is 0. The van der Waals surface area contributed by atoms with Gasteiger partial charge >= 0.3 is 0 Å². The molecule has 0 saturated carbocycles. The van der Waals surface area contributed by atoms with Crippen molar-refractivity contribution in [2.75, 3.05) is 7.11 Å². The summed E-state index contributed by atoms with van der Waals surface area (Å²) in [5, 5.41) is 0. The Morgan fingerprint density at radius 3 is 2.56 bits per heavy atom. The molecule has 1 aromatic carbocycles. The van der Waals surface area contributed by atoms with E-state index in [2.05, 4.69) is 0 Å². The molecule has 0 atom stereocenters. The Bertz CT molecular complexity index is 596. The molecule has 1 heterocycles. The minimum Gasteiger partial charge on any atom is -0.497 e. The van der Waals surface area contributed by atoms with Crippen LogP contribution in [0.1, 0.15) is 12.5 Å². The molecule has 0 saturated heterocycles. The number of hydrogen-bond acceptors (Lipinski definition) is 4. The molecular weight excluding hydrogens is 228 g/mol. The second kappa shape index (κ2) is 3.45. The minimum atomic E-state index is -3.65. The van der Waals surface area contributed by atoms with Gasteiger partial charge in [-0.05, 0) is 36.8 Å². The maximum atomic E-state index is 11.9. The molecule has 0 aromatic heterocycles. The Hall–Kier alpha value is -1.62. The standard InChI is InChI=1S/C11H10O4S/c1-7(12)10-5-8-3-4-9(15-2)6-11(8)16(10,13)14/h3-6H,1-2H3. The predicted molar refractivity (Wildman–Crippen MR) is 58.8 cm³/mol. The quantitative estimate of drug-likeness (QED) is 0.781. The number of benzene rings is 1. The summed E-state index contributed by atoms with van der Waals surface area (Å²) in [6.45, 7) is 1.24. The Labute approximate surface area is 93.5 Å². The number of ketones is 1. The SMILES string of the molecule is COc1ccc2c(c1)S(=O)(=O)C(C(C)=O)=C2. The Balaban J connectivity index is 2.67. The van der Waals surface area contributed by atoms with Crippen molar-refractivity contribution in [2.24, 2.45) is 0 Å². The summed E-state index contributed by atoms with van der Waals surface area (Å²) in [4.78, 5) is 11.2. The molecule has 0 N–H and O–H groups in total. The second-order valence-corrected chi connectivity index (χ2v) is 5.36. The average molecular weight is 238 g/mol. The summed E-state index contributed by atoms with van der Waals surface area (Å²) in [7, 11) is -2.19. The normalized spacial score (nSPS) is 16.5. The van der Waals surface area contributed by atoms with Gasteiger partial charge in [0.2, 0.25) is 9.84 Å². The number of rotatable bonds is 2. The van der Waals surface area contributed by atoms with Crippen LogP contribution < -0.4 is 4.74 Å². The fraction of sp³-hybridized carbons (Fsp3) is 0.182. The van der Waals surface area contributed by atoms with Crippen LogP contribution >= 0.6 is 0 Å². The van der Waals surface area contributed by atoms with Crippen LogP contribution in [0.4, 0.5) is 0 Å². The molecule has 16 heavy (non-hydrogen) atoms. The molecule has 1 aromatic rings. The van der Waals surface area contributed by atoms with Gasteiger partial charge in [-0.3, -0.25) is 4.79 Å². The smallest absolute Gasteiger partial charge is 0.210 e. The number of carbonyl (C=O) groups is 1. The molecule has 4 nitrogen and oxygen atoms in total. The number of sulfone groups is 1. The van der Waals surface area contributed by atoms with Gasteiger partial charge in [0, 0.05) is 0 Å². The highest BCUT2D eigenvalue weighted by Gasteiger charge is 2.32. The molecule has 0 unspecified atom stereocenters. The van der Waals surface area contributed by atoms with Crippen molar-refractivity contribution in [1.82, 2.24) is 0 Å². The van der Waals surface area contributed by atoms with Crippen molar-refractivity contribution < 1.29 is 17.9 Å². The third-order valence-corrected chi connectivity index (χ3v) is 4.35. The number of Topliss-reactive ketones (excluding diaryl/α,β-unsaturated/α-hetero) is 1. The summed E-state index contributed by atoms with van der Waals surface area (Å²) < 4.78 is 28.9. The number of fused-ring (bicyclic) bond motifs is 1. The third-order valence-electron chi connectivity index (χ3n) is 2.43. The maximum absolute atomic E-state index is 11.9. The molecule has 2 rings (SSSR count). The summed E-state index contributed by atoms with van der Waals surface area (Å²) in [5.41, 5.74) is 0.533. The zero-order valence-electron chi connectivity index (χ0n) is 8.85. The lowest BCUT2D eigenvalue weighted by Crippen LogP contribution is -2.07. The molecule has 0 spiro atoms. The van der Waals surface area contributed by atoms with Crippen LogP contribution in [-0.2, 0) is 14.6 Å². The van der Waals surface area contributed by atoms with Gasteiger partial charge in [-0.2, -0.15) is 0 Å². The lowest BCUT2D eigenvalue weighted by Gasteiger charge is -2.03. The zero-order chi connectivity index (χ0) is 11.9. The van der Waals surface area contributed by atoms with E-state index >= 15 is 0 Å². The fourth-order valence-corrected chi connectivity index (χ4v) is 3.23. The van der Waals surface area contributed by atoms with E-state index in [1.807, 2.05) is 0 Å². The van der Waals surface area contributed by atoms with Crippen molar-refractivity contribution in [2.45, 2.75) is 11.8 Å². The number of carbonyl (C=O) groups excluding carboxylic acids is 1. The highest BCUT2D eigenvalue weighted by Crippen LogP contribution is 2.35. The van der Waals surface area contributed by atoms with Gasteiger partial charge in [0.15, 0.2) is 5.78 Å². The molecular formula is C11H10O4S. The summed E-state index contributed by atoms with van der Waals surface area (Å²) in [6, 6.07) is 4.71. The zero-order valence-corrected chi connectivity index (χ0v) is 9.67. The number of allylic oxidation sites excluding steroid dienone is 1. The van der Waals surface area contributed by atoms with Crippen molar-refractivity contribution in [1.29, 1.82) is 0 Å². The first-order valence-corrected chi connectivity index (χ1v) is 6.11. The first kappa shape index (κ1) is 10.9. The van der Waals surface area contributed by atoms with Gasteiger partial charge in [-0.15, -0.1) is 0 Å². The highest BCUT2D eigenvalue weighted by molar-refractivity contribution is 7.96. The van der Waals surface area contributed by atoms with Crippen molar-refractivity contribution in [3.63, 3.8) is 0 Å². The van der Waals surface area contributed by atoms with Crippen LogP contribution in [0.5, 0.6) is 5.75 Å². The molecule has 0 radical (unpaired) electrons. The fourth-order valence-electron chi connectivity index (χ4n) is 1.62. The van der Waals surface area contributed by atoms with E-state index in [4.69, 9.17) is 4.74 Å². The molecule has 0 aliphatic carbocycles. The van der Waals surface area contributed by atoms with Crippen LogP contribution in [0.15, 0.2) is 28.0 Å². The van der Waals surface area contributed by atoms with Crippen molar-refractivity contribution >= 4 is 21.7 Å². The number of ether oxygens (including phenoxy) is 1. The van der Waals surface area contributed by atoms with E-state index in [1.165, 1.54) is 26.2 Å². The van der Waals surface area contributed by atoms with Gasteiger partial charge in [-0.25, -0.2) is 8.42 Å². The van der Waals surface area contributed by atoms with E-state index in [0.717, 1.165) is 0 Å². The van der Waals surface area contributed by atoms with Crippen LogP contribution in [-0.4, -0.2) is 21.3 Å². The molecule has 5 heteroatoms. The monoisotopic (exact) mass is 238 g/mol. The van der Waals surface area contributed by atoms with Crippen LogP contribution in [0.3, 0.4) is 0 Å². The topological polar surface area (TPSA) is 60.4 Å². The van der Waals surface area contributed by atoms with Crippen LogP contribution in [0.2, 0.25) is 0 Å². The Morgan fingerprint density at radius 2 is 2.00 bits per heavy atom. The highest BCUT2D eigenvalue weighted by atomic mass is 32.2. The predicted octanol–water partition coefficient (Wildman–Crippen LogP) is 1.41. The molecule has 1 aliphatic rings. The molecule has 84 valence electrons. The third kappa shape index (κ3) is 1.44. The van der Waals surface area contributed by atoms with Gasteiger partial charge in [0.25, 0.3) is 0 Å². The average Bonchev–Trinajstić information content (AvgIpc) is 2.50. The van der Waals surface area contributed by atoms with Gasteiger partial charge in [0.05, 0.1) is 12.0 Å². The molecule has 0 bridgehead atoms. The van der Waals surface area contributed by atoms with Crippen molar-refractivity contribution in [3.05, 3.63) is 28.7 Å².